The number of Topliss-reactive ketones (excluding diaryl/α,β-unsaturated/α-hetero) is 1. The van der Waals surface area contributed by atoms with Gasteiger partial charge in [0.05, 0.1) is 12.7 Å². The fourth-order valence-corrected chi connectivity index (χ4v) is 2.98. The average Bonchev–Trinajstić information content (AvgIpc) is 2.74. The van der Waals surface area contributed by atoms with E-state index in [0.717, 1.165) is 12.1 Å². The number of ether oxygens (including phenoxy) is 2. The Morgan fingerprint density at radius 3 is 2.45 bits per heavy atom. The average molecular weight is 419 g/mol. The molecule has 2 aromatic carbocycles. The van der Waals surface area contributed by atoms with Crippen LogP contribution >= 0.6 is 11.8 Å². The molecule has 0 saturated carbocycles. The largest absolute Gasteiger partial charge is 0.496 e. The molecular weight excluding hydrogens is 397 g/mol. The normalized spacial score (nSPS) is 11.4. The van der Waals surface area contributed by atoms with Crippen molar-refractivity contribution in [2.24, 2.45) is 0 Å². The minimum absolute atomic E-state index is 0.234. The van der Waals surface area contributed by atoms with Crippen LogP contribution in [0.5, 0.6) is 5.75 Å². The highest BCUT2D eigenvalue weighted by Gasteiger charge is 2.24. The van der Waals surface area contributed by atoms with Gasteiger partial charge in [0.15, 0.2) is 12.4 Å². The van der Waals surface area contributed by atoms with Crippen LogP contribution in [0.25, 0.3) is 0 Å². The zero-order chi connectivity index (χ0) is 21.2. The molecule has 0 aliphatic carbocycles. The van der Waals surface area contributed by atoms with Gasteiger partial charge in [0.25, 0.3) is 5.91 Å². The number of amides is 1. The monoisotopic (exact) mass is 419 g/mol. The van der Waals surface area contributed by atoms with Gasteiger partial charge >= 0.3 is 5.97 Å². The lowest BCUT2D eigenvalue weighted by atomic mass is 10.1. The molecule has 8 heteroatoms. The number of rotatable bonds is 10. The topological polar surface area (TPSA) is 81.7 Å². The first-order valence-corrected chi connectivity index (χ1v) is 10.2. The van der Waals surface area contributed by atoms with Crippen molar-refractivity contribution in [3.63, 3.8) is 0 Å². The number of hydrogen-bond donors (Lipinski definition) is 1. The van der Waals surface area contributed by atoms with Crippen molar-refractivity contribution < 1.29 is 28.2 Å². The van der Waals surface area contributed by atoms with E-state index in [0.29, 0.717) is 23.5 Å². The molecule has 0 aliphatic rings. The Labute approximate surface area is 172 Å². The molecule has 1 amide bonds. The molecule has 1 unspecified atom stereocenters. The predicted octanol–water partition coefficient (Wildman–Crippen LogP) is 3.11. The summed E-state index contributed by atoms with van der Waals surface area (Å²) in [5.74, 6) is -1.12. The predicted molar refractivity (Wildman–Crippen MR) is 109 cm³/mol. The quantitative estimate of drug-likeness (QED) is 0.471. The molecular formula is C21H22FNO5S. The standard InChI is InChI=1S/C21H22FNO5S/c1-27-19-6-4-3-5-16(19)20(25)23-17(11-12-29-2)21(26)28-13-18(24)14-7-9-15(22)10-8-14/h3-10,17H,11-13H2,1-2H3,(H,23,25). The lowest BCUT2D eigenvalue weighted by molar-refractivity contribution is -0.144. The number of carbonyl (C=O) groups excluding carboxylic acids is 3. The second-order valence-electron chi connectivity index (χ2n) is 6.05. The lowest BCUT2D eigenvalue weighted by Gasteiger charge is -2.18. The first-order valence-electron chi connectivity index (χ1n) is 8.84. The van der Waals surface area contributed by atoms with Gasteiger partial charge in [-0.25, -0.2) is 9.18 Å². The van der Waals surface area contributed by atoms with Crippen molar-refractivity contribution in [3.05, 3.63) is 65.5 Å². The van der Waals surface area contributed by atoms with Crippen LogP contribution in [0.4, 0.5) is 4.39 Å². The highest BCUT2D eigenvalue weighted by Crippen LogP contribution is 2.17. The first-order chi connectivity index (χ1) is 14.0. The SMILES string of the molecule is COc1ccccc1C(=O)NC(CCSC)C(=O)OCC(=O)c1ccc(F)cc1. The molecule has 1 N–H and O–H groups in total. The number of thioether (sulfide) groups is 1. The van der Waals surface area contributed by atoms with E-state index in [1.807, 2.05) is 6.26 Å². The third-order valence-electron chi connectivity index (χ3n) is 4.06. The number of carbonyl (C=O) groups is 3. The summed E-state index contributed by atoms with van der Waals surface area (Å²) in [5, 5.41) is 2.65. The highest BCUT2D eigenvalue weighted by molar-refractivity contribution is 7.98. The van der Waals surface area contributed by atoms with Crippen LogP contribution < -0.4 is 10.1 Å². The van der Waals surface area contributed by atoms with Crippen LogP contribution in [0.2, 0.25) is 0 Å². The second kappa shape index (κ2) is 11.2. The smallest absolute Gasteiger partial charge is 0.329 e. The van der Waals surface area contributed by atoms with Gasteiger partial charge in [0.2, 0.25) is 0 Å². The summed E-state index contributed by atoms with van der Waals surface area (Å²) < 4.78 is 23.2. The van der Waals surface area contributed by atoms with E-state index < -0.39 is 36.1 Å². The van der Waals surface area contributed by atoms with Crippen LogP contribution in [0.15, 0.2) is 48.5 Å². The Morgan fingerprint density at radius 1 is 1.10 bits per heavy atom. The van der Waals surface area contributed by atoms with Crippen LogP contribution in [0, 0.1) is 5.82 Å². The maximum absolute atomic E-state index is 13.0. The lowest BCUT2D eigenvalue weighted by Crippen LogP contribution is -2.42. The van der Waals surface area contributed by atoms with Crippen molar-refractivity contribution in [2.45, 2.75) is 12.5 Å². The van der Waals surface area contributed by atoms with Gasteiger partial charge in [0.1, 0.15) is 17.6 Å². The molecule has 2 rings (SSSR count). The van der Waals surface area contributed by atoms with Gasteiger partial charge in [-0.3, -0.25) is 9.59 Å². The molecule has 0 fully saturated rings. The van der Waals surface area contributed by atoms with Gasteiger partial charge in [-0.1, -0.05) is 12.1 Å². The Morgan fingerprint density at radius 2 is 1.79 bits per heavy atom. The fraction of sp³-hybridized carbons (Fsp3) is 0.286. The molecule has 6 nitrogen and oxygen atoms in total. The molecule has 0 aliphatic heterocycles. The van der Waals surface area contributed by atoms with E-state index in [1.165, 1.54) is 31.0 Å². The van der Waals surface area contributed by atoms with E-state index in [9.17, 15) is 18.8 Å². The molecule has 0 spiro atoms. The Bertz CT molecular complexity index is 856. The molecule has 0 heterocycles. The molecule has 1 atom stereocenters. The highest BCUT2D eigenvalue weighted by atomic mass is 32.2. The number of para-hydroxylation sites is 1. The van der Waals surface area contributed by atoms with E-state index >= 15 is 0 Å². The summed E-state index contributed by atoms with van der Waals surface area (Å²) in [6.45, 7) is -0.495. The number of ketones is 1. The summed E-state index contributed by atoms with van der Waals surface area (Å²) in [4.78, 5) is 37.2. The van der Waals surface area contributed by atoms with Gasteiger partial charge < -0.3 is 14.8 Å². The van der Waals surface area contributed by atoms with Crippen LogP contribution in [0.1, 0.15) is 27.1 Å². The van der Waals surface area contributed by atoms with Gasteiger partial charge in [-0.15, -0.1) is 0 Å². The number of hydrogen-bond acceptors (Lipinski definition) is 6. The summed E-state index contributed by atoms with van der Waals surface area (Å²) in [5.41, 5.74) is 0.525. The van der Waals surface area contributed by atoms with Crippen molar-refractivity contribution in [1.29, 1.82) is 0 Å². The number of nitrogens with one attached hydrogen (secondary N) is 1. The van der Waals surface area contributed by atoms with Crippen LogP contribution in [-0.2, 0) is 9.53 Å². The summed E-state index contributed by atoms with van der Waals surface area (Å²) in [6, 6.07) is 10.7. The summed E-state index contributed by atoms with van der Waals surface area (Å²) >= 11 is 1.51. The summed E-state index contributed by atoms with van der Waals surface area (Å²) in [6.07, 6.45) is 2.22. The van der Waals surface area contributed by atoms with Crippen molar-refractivity contribution >= 4 is 29.4 Å². The van der Waals surface area contributed by atoms with Crippen molar-refractivity contribution in [2.75, 3.05) is 25.7 Å². The third kappa shape index (κ3) is 6.60. The van der Waals surface area contributed by atoms with Gasteiger partial charge in [0, 0.05) is 5.56 Å². The molecule has 0 bridgehead atoms. The second-order valence-corrected chi connectivity index (χ2v) is 7.03. The van der Waals surface area contributed by atoms with E-state index in [1.54, 1.807) is 24.3 Å². The van der Waals surface area contributed by atoms with Gasteiger partial charge in [-0.2, -0.15) is 11.8 Å². The van der Waals surface area contributed by atoms with E-state index in [-0.39, 0.29) is 5.56 Å². The molecule has 154 valence electrons. The molecule has 29 heavy (non-hydrogen) atoms. The zero-order valence-corrected chi connectivity index (χ0v) is 17.0. The van der Waals surface area contributed by atoms with Crippen LogP contribution in [0.3, 0.4) is 0 Å². The van der Waals surface area contributed by atoms with E-state index in [2.05, 4.69) is 5.32 Å². The number of halogens is 1. The summed E-state index contributed by atoms with van der Waals surface area (Å²) in [7, 11) is 1.45. The molecule has 2 aromatic rings. The number of benzene rings is 2. The minimum Gasteiger partial charge on any atom is -0.496 e. The third-order valence-corrected chi connectivity index (χ3v) is 4.71. The number of methoxy groups -OCH3 is 1. The number of esters is 1. The Balaban J connectivity index is 2.02. The fourth-order valence-electron chi connectivity index (χ4n) is 2.51. The first kappa shape index (κ1) is 22.4. The molecule has 0 radical (unpaired) electrons. The minimum atomic E-state index is -0.916. The van der Waals surface area contributed by atoms with Crippen LogP contribution in [-0.4, -0.2) is 49.4 Å². The maximum atomic E-state index is 13.0. The molecule has 0 saturated heterocycles. The van der Waals surface area contributed by atoms with Gasteiger partial charge in [-0.05, 0) is 54.8 Å². The Hall–Kier alpha value is -2.87. The Kier molecular flexibility index (Phi) is 8.67. The molecule has 0 aromatic heterocycles. The van der Waals surface area contributed by atoms with E-state index in [4.69, 9.17) is 9.47 Å². The van der Waals surface area contributed by atoms with Crippen molar-refractivity contribution in [3.8, 4) is 5.75 Å². The zero-order valence-electron chi connectivity index (χ0n) is 16.1. The maximum Gasteiger partial charge on any atom is 0.329 e. The van der Waals surface area contributed by atoms with Crippen molar-refractivity contribution in [1.82, 2.24) is 5.32 Å².